The molecule has 0 aliphatic carbocycles. The number of hydrogen-bond acceptors (Lipinski definition) is 5. The van der Waals surface area contributed by atoms with Crippen molar-refractivity contribution in [3.63, 3.8) is 0 Å². The van der Waals surface area contributed by atoms with E-state index < -0.39 is 10.0 Å². The molecule has 0 unspecified atom stereocenters. The van der Waals surface area contributed by atoms with E-state index in [1.165, 1.54) is 24.3 Å². The number of benzene rings is 3. The second kappa shape index (κ2) is 11.0. The minimum absolute atomic E-state index is 0.0907. The minimum Gasteiger partial charge on any atom is -0.495 e. The first-order valence-electron chi connectivity index (χ1n) is 11.4. The summed E-state index contributed by atoms with van der Waals surface area (Å²) in [5.41, 5.74) is 2.16. The first-order valence-corrected chi connectivity index (χ1v) is 13.6. The van der Waals surface area contributed by atoms with Gasteiger partial charge in [0.1, 0.15) is 12.3 Å². The standard InChI is InChI=1S/C26H27Cl2N3O4S/c1-19-7-10-21(11-8-19)36(33,34)31(20-9-12-22(27)23(28)17-20)18-26(32)30-15-13-29(14-16-30)24-5-3-4-6-25(24)35-2/h3-12,17H,13-16,18H2,1-2H3. The third-order valence-electron chi connectivity index (χ3n) is 6.14. The molecule has 0 spiro atoms. The van der Waals surface area contributed by atoms with Gasteiger partial charge in [0.2, 0.25) is 5.91 Å². The van der Waals surface area contributed by atoms with Crippen molar-refractivity contribution in [2.45, 2.75) is 11.8 Å². The summed E-state index contributed by atoms with van der Waals surface area (Å²) in [6.07, 6.45) is 0. The molecule has 1 fully saturated rings. The number of sulfonamides is 1. The Labute approximate surface area is 221 Å². The second-order valence-electron chi connectivity index (χ2n) is 8.46. The maximum absolute atomic E-state index is 13.6. The van der Waals surface area contributed by atoms with Crippen molar-refractivity contribution < 1.29 is 17.9 Å². The first kappa shape index (κ1) is 26.1. The van der Waals surface area contributed by atoms with Crippen LogP contribution in [-0.2, 0) is 14.8 Å². The van der Waals surface area contributed by atoms with E-state index in [1.807, 2.05) is 31.2 Å². The zero-order valence-corrected chi connectivity index (χ0v) is 22.4. The number of rotatable bonds is 7. The number of carbonyl (C=O) groups excluding carboxylic acids is 1. The molecular formula is C26H27Cl2N3O4S. The van der Waals surface area contributed by atoms with Gasteiger partial charge in [0.25, 0.3) is 10.0 Å². The maximum atomic E-state index is 13.6. The van der Waals surface area contributed by atoms with Crippen LogP contribution < -0.4 is 13.9 Å². The van der Waals surface area contributed by atoms with Gasteiger partial charge in [0, 0.05) is 26.2 Å². The van der Waals surface area contributed by atoms with Gasteiger partial charge in [0.15, 0.2) is 0 Å². The number of ether oxygens (including phenoxy) is 1. The summed E-state index contributed by atoms with van der Waals surface area (Å²) in [6.45, 7) is 3.63. The monoisotopic (exact) mass is 547 g/mol. The van der Waals surface area contributed by atoms with Crippen LogP contribution in [0.3, 0.4) is 0 Å². The van der Waals surface area contributed by atoms with Crippen molar-refractivity contribution in [3.05, 3.63) is 82.3 Å². The molecule has 3 aromatic carbocycles. The number of para-hydroxylation sites is 2. The van der Waals surface area contributed by atoms with Gasteiger partial charge in [-0.15, -0.1) is 0 Å². The molecule has 1 aliphatic heterocycles. The van der Waals surface area contributed by atoms with Crippen LogP contribution in [0.25, 0.3) is 0 Å². The normalized spacial score (nSPS) is 14.0. The molecule has 0 saturated carbocycles. The summed E-state index contributed by atoms with van der Waals surface area (Å²) in [5, 5.41) is 0.503. The van der Waals surface area contributed by atoms with Crippen LogP contribution in [0.4, 0.5) is 11.4 Å². The molecule has 36 heavy (non-hydrogen) atoms. The Morgan fingerprint density at radius 2 is 1.61 bits per heavy atom. The van der Waals surface area contributed by atoms with Gasteiger partial charge in [0.05, 0.1) is 33.4 Å². The van der Waals surface area contributed by atoms with Crippen LogP contribution >= 0.6 is 23.2 Å². The van der Waals surface area contributed by atoms with Crippen molar-refractivity contribution in [1.82, 2.24) is 4.90 Å². The third-order valence-corrected chi connectivity index (χ3v) is 8.66. The number of aryl methyl sites for hydroxylation is 1. The Hall–Kier alpha value is -2.94. The fourth-order valence-electron chi connectivity index (χ4n) is 4.10. The summed E-state index contributed by atoms with van der Waals surface area (Å²) < 4.78 is 33.8. The zero-order valence-electron chi connectivity index (χ0n) is 20.0. The van der Waals surface area contributed by atoms with E-state index in [1.54, 1.807) is 30.2 Å². The molecule has 4 rings (SSSR count). The van der Waals surface area contributed by atoms with Crippen LogP contribution in [0.1, 0.15) is 5.56 Å². The summed E-state index contributed by atoms with van der Waals surface area (Å²) in [7, 11) is -2.41. The minimum atomic E-state index is -4.04. The number of amides is 1. The Balaban J connectivity index is 1.56. The molecule has 1 aliphatic rings. The number of piperazine rings is 1. The predicted molar refractivity (Wildman–Crippen MR) is 144 cm³/mol. The molecule has 0 bridgehead atoms. The number of hydrogen-bond donors (Lipinski definition) is 0. The molecule has 0 N–H and O–H groups in total. The molecule has 0 atom stereocenters. The quantitative estimate of drug-likeness (QED) is 0.422. The van der Waals surface area contributed by atoms with E-state index >= 15 is 0 Å². The third kappa shape index (κ3) is 5.56. The van der Waals surface area contributed by atoms with Crippen LogP contribution in [0, 0.1) is 6.92 Å². The summed E-state index contributed by atoms with van der Waals surface area (Å²) in [6, 6.07) is 18.8. The molecule has 7 nitrogen and oxygen atoms in total. The lowest BCUT2D eigenvalue weighted by atomic mass is 10.2. The topological polar surface area (TPSA) is 70.2 Å². The van der Waals surface area contributed by atoms with Gasteiger partial charge in [-0.1, -0.05) is 53.0 Å². The largest absolute Gasteiger partial charge is 0.495 e. The van der Waals surface area contributed by atoms with Crippen molar-refractivity contribution in [2.24, 2.45) is 0 Å². The fraction of sp³-hybridized carbons (Fsp3) is 0.269. The molecule has 190 valence electrons. The molecule has 1 heterocycles. The summed E-state index contributed by atoms with van der Waals surface area (Å²) >= 11 is 12.3. The van der Waals surface area contributed by atoms with E-state index in [0.29, 0.717) is 31.2 Å². The van der Waals surface area contributed by atoms with Gasteiger partial charge in [-0.3, -0.25) is 9.10 Å². The predicted octanol–water partition coefficient (Wildman–Crippen LogP) is 4.85. The van der Waals surface area contributed by atoms with Gasteiger partial charge >= 0.3 is 0 Å². The van der Waals surface area contributed by atoms with Crippen molar-refractivity contribution in [1.29, 1.82) is 0 Å². The number of methoxy groups -OCH3 is 1. The fourth-order valence-corrected chi connectivity index (χ4v) is 5.80. The van der Waals surface area contributed by atoms with Crippen molar-refractivity contribution >= 4 is 50.5 Å². The molecule has 1 amide bonds. The smallest absolute Gasteiger partial charge is 0.264 e. The molecular weight excluding hydrogens is 521 g/mol. The van der Waals surface area contributed by atoms with Crippen molar-refractivity contribution in [2.75, 3.05) is 49.0 Å². The Bertz CT molecular complexity index is 1340. The van der Waals surface area contributed by atoms with Gasteiger partial charge in [-0.25, -0.2) is 8.42 Å². The van der Waals surface area contributed by atoms with E-state index in [0.717, 1.165) is 21.3 Å². The van der Waals surface area contributed by atoms with Crippen LogP contribution in [0.5, 0.6) is 5.75 Å². The van der Waals surface area contributed by atoms with E-state index in [9.17, 15) is 13.2 Å². The Morgan fingerprint density at radius 1 is 0.944 bits per heavy atom. The lowest BCUT2D eigenvalue weighted by Gasteiger charge is -2.37. The van der Waals surface area contributed by atoms with Gasteiger partial charge in [-0.05, 0) is 49.4 Å². The lowest BCUT2D eigenvalue weighted by molar-refractivity contribution is -0.129. The number of anilines is 2. The lowest BCUT2D eigenvalue weighted by Crippen LogP contribution is -2.52. The van der Waals surface area contributed by atoms with Gasteiger partial charge in [-0.2, -0.15) is 0 Å². The van der Waals surface area contributed by atoms with E-state index in [2.05, 4.69) is 4.90 Å². The summed E-state index contributed by atoms with van der Waals surface area (Å²) in [5.74, 6) is 0.476. The van der Waals surface area contributed by atoms with Crippen molar-refractivity contribution in [3.8, 4) is 5.75 Å². The maximum Gasteiger partial charge on any atom is 0.264 e. The average Bonchev–Trinajstić information content (AvgIpc) is 2.89. The summed E-state index contributed by atoms with van der Waals surface area (Å²) in [4.78, 5) is 17.3. The zero-order chi connectivity index (χ0) is 25.9. The number of carbonyl (C=O) groups is 1. The molecule has 0 aromatic heterocycles. The molecule has 3 aromatic rings. The van der Waals surface area contributed by atoms with E-state index in [-0.39, 0.29) is 28.1 Å². The number of halogens is 2. The highest BCUT2D eigenvalue weighted by Gasteiger charge is 2.31. The second-order valence-corrected chi connectivity index (χ2v) is 11.1. The van der Waals surface area contributed by atoms with Gasteiger partial charge < -0.3 is 14.5 Å². The SMILES string of the molecule is COc1ccccc1N1CCN(C(=O)CN(c2ccc(Cl)c(Cl)c2)S(=O)(=O)c2ccc(C)cc2)CC1. The highest BCUT2D eigenvalue weighted by molar-refractivity contribution is 7.92. The highest BCUT2D eigenvalue weighted by atomic mass is 35.5. The molecule has 1 saturated heterocycles. The average molecular weight is 548 g/mol. The van der Waals surface area contributed by atoms with Crippen LogP contribution in [-0.4, -0.2) is 59.1 Å². The first-order chi connectivity index (χ1) is 17.2. The van der Waals surface area contributed by atoms with Crippen LogP contribution in [0.15, 0.2) is 71.6 Å². The molecule has 0 radical (unpaired) electrons. The molecule has 10 heteroatoms. The Morgan fingerprint density at radius 3 is 2.25 bits per heavy atom. The van der Waals surface area contributed by atoms with Crippen LogP contribution in [0.2, 0.25) is 10.0 Å². The highest BCUT2D eigenvalue weighted by Crippen LogP contribution is 2.31. The number of nitrogens with zero attached hydrogens (tertiary/aromatic N) is 3. The van der Waals surface area contributed by atoms with E-state index in [4.69, 9.17) is 27.9 Å². The Kier molecular flexibility index (Phi) is 7.97.